The number of benzene rings is 1. The van der Waals surface area contributed by atoms with Gasteiger partial charge in [-0.1, -0.05) is 30.9 Å². The van der Waals surface area contributed by atoms with Gasteiger partial charge in [0.2, 0.25) is 0 Å². The Kier molecular flexibility index (Phi) is 5.75. The maximum Gasteiger partial charge on any atom is 0.407 e. The zero-order valence-electron chi connectivity index (χ0n) is 14.0. The molecule has 0 spiro atoms. The Labute approximate surface area is 143 Å². The van der Waals surface area contributed by atoms with E-state index < -0.39 is 0 Å². The molecule has 1 heterocycles. The van der Waals surface area contributed by atoms with E-state index in [4.69, 9.17) is 9.47 Å². The van der Waals surface area contributed by atoms with E-state index in [2.05, 4.69) is 29.3 Å². The van der Waals surface area contributed by atoms with Crippen LogP contribution in [0.4, 0.5) is 4.79 Å². The van der Waals surface area contributed by atoms with E-state index in [1.165, 1.54) is 5.56 Å². The van der Waals surface area contributed by atoms with E-state index in [-0.39, 0.29) is 18.7 Å². The molecule has 0 saturated heterocycles. The highest BCUT2D eigenvalue weighted by atomic mass is 16.5. The fraction of sp³-hybridized carbons (Fsp3) is 0.526. The van der Waals surface area contributed by atoms with Gasteiger partial charge in [-0.05, 0) is 43.7 Å². The number of amides is 1. The zero-order chi connectivity index (χ0) is 16.8. The average molecular weight is 330 g/mol. The third-order valence-corrected chi connectivity index (χ3v) is 4.73. The Bertz CT molecular complexity index is 567. The number of nitrogens with one attached hydrogen (secondary N) is 2. The molecule has 5 nitrogen and oxygen atoms in total. The molecular weight excluding hydrogens is 304 g/mol. The van der Waals surface area contributed by atoms with E-state index >= 15 is 0 Å². The van der Waals surface area contributed by atoms with Crippen molar-refractivity contribution in [2.75, 3.05) is 13.2 Å². The smallest absolute Gasteiger partial charge is 0.407 e. The van der Waals surface area contributed by atoms with Gasteiger partial charge in [-0.25, -0.2) is 4.79 Å². The minimum atomic E-state index is -0.344. The van der Waals surface area contributed by atoms with Gasteiger partial charge in [0.05, 0.1) is 0 Å². The number of ether oxygens (including phenoxy) is 2. The average Bonchev–Trinajstić information content (AvgIpc) is 2.61. The molecular formula is C19H26N2O3. The van der Waals surface area contributed by atoms with E-state index in [1.807, 2.05) is 12.1 Å². The summed E-state index contributed by atoms with van der Waals surface area (Å²) >= 11 is 0. The predicted molar refractivity (Wildman–Crippen MR) is 93.3 cm³/mol. The number of carbonyl (C=O) groups excluding carboxylic acids is 1. The molecule has 1 atom stereocenters. The lowest BCUT2D eigenvalue weighted by atomic mass is 9.90. The van der Waals surface area contributed by atoms with Gasteiger partial charge in [0.15, 0.2) is 0 Å². The minimum Gasteiger partial charge on any atom is -0.492 e. The Hall–Kier alpha value is -2.01. The van der Waals surface area contributed by atoms with Crippen molar-refractivity contribution in [1.82, 2.24) is 10.6 Å². The molecule has 0 bridgehead atoms. The lowest BCUT2D eigenvalue weighted by Crippen LogP contribution is -2.48. The molecule has 1 aromatic carbocycles. The fourth-order valence-corrected chi connectivity index (χ4v) is 3.52. The summed E-state index contributed by atoms with van der Waals surface area (Å²) in [7, 11) is 0. The molecule has 1 aliphatic carbocycles. The Balaban J connectivity index is 1.40. The molecule has 2 aliphatic rings. The number of hydrogen-bond donors (Lipinski definition) is 2. The molecule has 1 amide bonds. The molecule has 130 valence electrons. The fourth-order valence-electron chi connectivity index (χ4n) is 3.52. The molecule has 1 saturated carbocycles. The molecule has 5 heteroatoms. The van der Waals surface area contributed by atoms with E-state index in [0.717, 1.165) is 44.5 Å². The van der Waals surface area contributed by atoms with Crippen LogP contribution in [0.3, 0.4) is 0 Å². The Morgan fingerprint density at radius 3 is 2.75 bits per heavy atom. The van der Waals surface area contributed by atoms with Crippen molar-refractivity contribution in [2.45, 2.75) is 50.2 Å². The van der Waals surface area contributed by atoms with Crippen LogP contribution < -0.4 is 15.4 Å². The molecule has 3 rings (SSSR count). The van der Waals surface area contributed by atoms with Crippen LogP contribution in [0.2, 0.25) is 0 Å². The second-order valence-electron chi connectivity index (χ2n) is 6.57. The topological polar surface area (TPSA) is 59.6 Å². The van der Waals surface area contributed by atoms with Gasteiger partial charge in [0.25, 0.3) is 0 Å². The van der Waals surface area contributed by atoms with E-state index in [9.17, 15) is 4.79 Å². The van der Waals surface area contributed by atoms with Crippen LogP contribution in [0.15, 0.2) is 36.9 Å². The molecule has 24 heavy (non-hydrogen) atoms. The quantitative estimate of drug-likeness (QED) is 0.815. The summed E-state index contributed by atoms with van der Waals surface area (Å²) in [5.41, 5.74) is 1.28. The summed E-state index contributed by atoms with van der Waals surface area (Å²) in [5.74, 6) is 1.02. The number of rotatable bonds is 5. The summed E-state index contributed by atoms with van der Waals surface area (Å²) < 4.78 is 10.8. The summed E-state index contributed by atoms with van der Waals surface area (Å²) in [4.78, 5) is 11.6. The number of para-hydroxylation sites is 1. The normalized spacial score (nSPS) is 25.9. The van der Waals surface area contributed by atoms with Crippen LogP contribution in [0.1, 0.15) is 31.2 Å². The second kappa shape index (κ2) is 8.20. The summed E-state index contributed by atoms with van der Waals surface area (Å²) in [5, 5.41) is 6.65. The van der Waals surface area contributed by atoms with Gasteiger partial charge in [-0.2, -0.15) is 0 Å². The van der Waals surface area contributed by atoms with Crippen LogP contribution in [-0.2, 0) is 11.2 Å². The second-order valence-corrected chi connectivity index (χ2v) is 6.57. The third kappa shape index (κ3) is 4.51. The SMILES string of the molecule is C=CCOC(=O)NC1CCC(NC2COc3ccccc3C2)CC1. The first-order valence-electron chi connectivity index (χ1n) is 8.75. The van der Waals surface area contributed by atoms with Crippen LogP contribution in [0.25, 0.3) is 0 Å². The molecule has 1 aromatic rings. The maximum absolute atomic E-state index is 11.6. The zero-order valence-corrected chi connectivity index (χ0v) is 14.0. The van der Waals surface area contributed by atoms with Gasteiger partial charge < -0.3 is 20.1 Å². The molecule has 0 aromatic heterocycles. The molecule has 2 N–H and O–H groups in total. The van der Waals surface area contributed by atoms with Crippen LogP contribution in [-0.4, -0.2) is 37.4 Å². The highest BCUT2D eigenvalue weighted by molar-refractivity contribution is 5.67. The van der Waals surface area contributed by atoms with Crippen molar-refractivity contribution in [3.05, 3.63) is 42.5 Å². The van der Waals surface area contributed by atoms with Crippen molar-refractivity contribution in [2.24, 2.45) is 0 Å². The largest absolute Gasteiger partial charge is 0.492 e. The number of hydrogen-bond acceptors (Lipinski definition) is 4. The lowest BCUT2D eigenvalue weighted by Gasteiger charge is -2.34. The van der Waals surface area contributed by atoms with Crippen LogP contribution in [0.5, 0.6) is 5.75 Å². The van der Waals surface area contributed by atoms with Gasteiger partial charge in [0.1, 0.15) is 19.0 Å². The standard InChI is InChI=1S/C19H26N2O3/c1-2-11-23-19(22)21-16-9-7-15(8-10-16)20-17-12-14-5-3-4-6-18(14)24-13-17/h2-6,15-17,20H,1,7-13H2,(H,21,22). The Morgan fingerprint density at radius 2 is 1.96 bits per heavy atom. The summed E-state index contributed by atoms with van der Waals surface area (Å²) in [6.45, 7) is 4.52. The van der Waals surface area contributed by atoms with Crippen molar-refractivity contribution < 1.29 is 14.3 Å². The van der Waals surface area contributed by atoms with Gasteiger partial charge in [-0.15, -0.1) is 0 Å². The molecule has 1 fully saturated rings. The molecule has 1 unspecified atom stereocenters. The molecule has 1 aliphatic heterocycles. The lowest BCUT2D eigenvalue weighted by molar-refractivity contribution is 0.148. The van der Waals surface area contributed by atoms with Crippen molar-refractivity contribution in [3.8, 4) is 5.75 Å². The first-order chi connectivity index (χ1) is 11.7. The summed E-state index contributed by atoms with van der Waals surface area (Å²) in [6.07, 6.45) is 6.32. The minimum absolute atomic E-state index is 0.212. The summed E-state index contributed by atoms with van der Waals surface area (Å²) in [6, 6.07) is 9.32. The van der Waals surface area contributed by atoms with E-state index in [1.54, 1.807) is 6.08 Å². The van der Waals surface area contributed by atoms with Crippen LogP contribution >= 0.6 is 0 Å². The highest BCUT2D eigenvalue weighted by Crippen LogP contribution is 2.25. The monoisotopic (exact) mass is 330 g/mol. The Morgan fingerprint density at radius 1 is 1.21 bits per heavy atom. The predicted octanol–water partition coefficient (Wildman–Crippen LogP) is 2.80. The van der Waals surface area contributed by atoms with Gasteiger partial charge >= 0.3 is 6.09 Å². The first kappa shape index (κ1) is 16.8. The third-order valence-electron chi connectivity index (χ3n) is 4.73. The number of carbonyl (C=O) groups is 1. The maximum atomic E-state index is 11.6. The van der Waals surface area contributed by atoms with Gasteiger partial charge in [0, 0.05) is 18.1 Å². The highest BCUT2D eigenvalue weighted by Gasteiger charge is 2.26. The van der Waals surface area contributed by atoms with Gasteiger partial charge in [-0.3, -0.25) is 0 Å². The van der Waals surface area contributed by atoms with Crippen molar-refractivity contribution in [1.29, 1.82) is 0 Å². The van der Waals surface area contributed by atoms with Crippen molar-refractivity contribution in [3.63, 3.8) is 0 Å². The molecule has 0 radical (unpaired) electrons. The first-order valence-corrected chi connectivity index (χ1v) is 8.75. The number of fused-ring (bicyclic) bond motifs is 1. The van der Waals surface area contributed by atoms with E-state index in [0.29, 0.717) is 12.1 Å². The van der Waals surface area contributed by atoms with Crippen LogP contribution in [0, 0.1) is 0 Å². The number of alkyl carbamates (subject to hydrolysis) is 1. The van der Waals surface area contributed by atoms with Crippen molar-refractivity contribution >= 4 is 6.09 Å².